The molecule has 7 heteroatoms. The van der Waals surface area contributed by atoms with Crippen molar-refractivity contribution in [1.29, 1.82) is 0 Å². The largest absolute Gasteiger partial charge is 0.418 e. The Kier molecular flexibility index (Phi) is 4.04. The van der Waals surface area contributed by atoms with Gasteiger partial charge in [-0.25, -0.2) is 0 Å². The highest BCUT2D eigenvalue weighted by Gasteiger charge is 2.40. The second-order valence-corrected chi connectivity index (χ2v) is 5.98. The minimum absolute atomic E-state index is 0.0562. The Morgan fingerprint density at radius 2 is 1.87 bits per heavy atom. The molecule has 0 spiro atoms. The lowest BCUT2D eigenvalue weighted by molar-refractivity contribution is -0.137. The van der Waals surface area contributed by atoms with Crippen molar-refractivity contribution in [2.45, 2.75) is 37.9 Å². The molecule has 0 radical (unpaired) electrons. The summed E-state index contributed by atoms with van der Waals surface area (Å²) >= 11 is 0. The van der Waals surface area contributed by atoms with Crippen LogP contribution in [0.15, 0.2) is 24.3 Å². The molecular formula is C16H17F3N2O2. The third-order valence-electron chi connectivity index (χ3n) is 4.50. The van der Waals surface area contributed by atoms with Crippen LogP contribution in [0.4, 0.5) is 18.9 Å². The van der Waals surface area contributed by atoms with Gasteiger partial charge >= 0.3 is 6.18 Å². The smallest absolute Gasteiger partial charge is 0.344 e. The number of amides is 2. The Hall–Kier alpha value is -2.05. The van der Waals surface area contributed by atoms with E-state index in [0.29, 0.717) is 6.42 Å². The summed E-state index contributed by atoms with van der Waals surface area (Å²) in [4.78, 5) is 25.4. The van der Waals surface area contributed by atoms with Crippen LogP contribution >= 0.6 is 0 Å². The average molecular weight is 326 g/mol. The maximum atomic E-state index is 13.1. The molecular weight excluding hydrogens is 309 g/mol. The van der Waals surface area contributed by atoms with Crippen molar-refractivity contribution >= 4 is 17.5 Å². The fraction of sp³-hybridized carbons (Fsp3) is 0.500. The maximum Gasteiger partial charge on any atom is 0.418 e. The first-order valence-electron chi connectivity index (χ1n) is 7.66. The van der Waals surface area contributed by atoms with Gasteiger partial charge in [0.05, 0.1) is 11.3 Å². The number of carbonyl (C=O) groups is 2. The van der Waals surface area contributed by atoms with Crippen molar-refractivity contribution < 1.29 is 22.8 Å². The number of alkyl halides is 3. The summed E-state index contributed by atoms with van der Waals surface area (Å²) in [5.41, 5.74) is -0.982. The number of benzene rings is 1. The summed E-state index contributed by atoms with van der Waals surface area (Å²) in [7, 11) is 0. The molecule has 1 aromatic rings. The van der Waals surface area contributed by atoms with E-state index in [0.717, 1.165) is 30.2 Å². The highest BCUT2D eigenvalue weighted by molar-refractivity contribution is 6.02. The normalized spacial score (nSPS) is 22.1. The molecule has 2 aliphatic rings. The van der Waals surface area contributed by atoms with Gasteiger partial charge in [-0.3, -0.25) is 9.59 Å². The van der Waals surface area contributed by atoms with Gasteiger partial charge in [0.25, 0.3) is 0 Å². The molecule has 1 aromatic carbocycles. The van der Waals surface area contributed by atoms with Crippen LogP contribution in [0.3, 0.4) is 0 Å². The fourth-order valence-electron chi connectivity index (χ4n) is 2.96. The highest BCUT2D eigenvalue weighted by atomic mass is 19.4. The minimum Gasteiger partial charge on any atom is -0.344 e. The van der Waals surface area contributed by atoms with Crippen molar-refractivity contribution in [3.8, 4) is 0 Å². The quantitative estimate of drug-likeness (QED) is 0.928. The molecule has 1 heterocycles. The molecule has 3 rings (SSSR count). The molecule has 1 unspecified atom stereocenters. The van der Waals surface area contributed by atoms with Crippen molar-refractivity contribution in [3.63, 3.8) is 0 Å². The van der Waals surface area contributed by atoms with Crippen LogP contribution < -0.4 is 10.2 Å². The zero-order valence-corrected chi connectivity index (χ0v) is 12.4. The first-order chi connectivity index (χ1) is 10.9. The summed E-state index contributed by atoms with van der Waals surface area (Å²) in [6.45, 7) is 0.168. The molecule has 1 atom stereocenters. The first-order valence-corrected chi connectivity index (χ1v) is 7.66. The van der Waals surface area contributed by atoms with E-state index in [-0.39, 0.29) is 24.1 Å². The Morgan fingerprint density at radius 1 is 1.17 bits per heavy atom. The summed E-state index contributed by atoms with van der Waals surface area (Å²) in [6, 6.07) is 4.28. The number of anilines is 1. The average Bonchev–Trinajstić information content (AvgIpc) is 2.77. The van der Waals surface area contributed by atoms with Crippen molar-refractivity contribution in [3.05, 3.63) is 29.8 Å². The number of hydrogen-bond donors (Lipinski definition) is 1. The Bertz CT molecular complexity index is 626. The number of nitrogens with zero attached hydrogens (tertiary/aromatic N) is 1. The molecule has 124 valence electrons. The van der Waals surface area contributed by atoms with E-state index in [1.165, 1.54) is 18.2 Å². The molecule has 1 saturated carbocycles. The van der Waals surface area contributed by atoms with E-state index >= 15 is 0 Å². The maximum absolute atomic E-state index is 13.1. The number of rotatable bonds is 3. The molecule has 2 amide bonds. The van der Waals surface area contributed by atoms with Crippen LogP contribution in [0.5, 0.6) is 0 Å². The van der Waals surface area contributed by atoms with Gasteiger partial charge in [0.1, 0.15) is 6.04 Å². The number of halogens is 3. The van der Waals surface area contributed by atoms with E-state index in [1.54, 1.807) is 0 Å². The van der Waals surface area contributed by atoms with Crippen LogP contribution in [0.1, 0.15) is 31.2 Å². The lowest BCUT2D eigenvalue weighted by Crippen LogP contribution is -2.45. The number of carbonyl (C=O) groups excluding carboxylic acids is 2. The van der Waals surface area contributed by atoms with E-state index in [9.17, 15) is 22.8 Å². The molecule has 1 N–H and O–H groups in total. The lowest BCUT2D eigenvalue weighted by Gasteiger charge is -2.26. The highest BCUT2D eigenvalue weighted by Crippen LogP contribution is 2.37. The van der Waals surface area contributed by atoms with E-state index in [1.807, 2.05) is 0 Å². The molecule has 23 heavy (non-hydrogen) atoms. The SMILES string of the molecule is O=C(NC1CCN(c2ccccc2C(F)(F)F)C1=O)C1CCC1. The van der Waals surface area contributed by atoms with Gasteiger partial charge in [-0.1, -0.05) is 18.6 Å². The first kappa shape index (κ1) is 15.8. The van der Waals surface area contributed by atoms with E-state index in [2.05, 4.69) is 5.32 Å². The second kappa shape index (κ2) is 5.86. The van der Waals surface area contributed by atoms with Crippen LogP contribution in [-0.2, 0) is 15.8 Å². The van der Waals surface area contributed by atoms with E-state index in [4.69, 9.17) is 0 Å². The Labute approximate surface area is 131 Å². The van der Waals surface area contributed by atoms with Crippen molar-refractivity contribution in [2.75, 3.05) is 11.4 Å². The third kappa shape index (κ3) is 3.04. The van der Waals surface area contributed by atoms with Gasteiger partial charge in [-0.05, 0) is 31.4 Å². The number of hydrogen-bond acceptors (Lipinski definition) is 2. The number of nitrogens with one attached hydrogen (secondary N) is 1. The summed E-state index contributed by atoms with van der Waals surface area (Å²) < 4.78 is 39.3. The monoisotopic (exact) mass is 326 g/mol. The summed E-state index contributed by atoms with van der Waals surface area (Å²) in [5.74, 6) is -0.700. The lowest BCUT2D eigenvalue weighted by atomic mass is 9.84. The van der Waals surface area contributed by atoms with Gasteiger partial charge in [0.2, 0.25) is 11.8 Å². The summed E-state index contributed by atoms with van der Waals surface area (Å²) in [5, 5.41) is 2.68. The van der Waals surface area contributed by atoms with Crippen LogP contribution in [0, 0.1) is 5.92 Å². The topological polar surface area (TPSA) is 49.4 Å². The molecule has 1 saturated heterocycles. The molecule has 0 aromatic heterocycles. The van der Waals surface area contributed by atoms with Gasteiger partial charge in [-0.15, -0.1) is 0 Å². The van der Waals surface area contributed by atoms with Gasteiger partial charge < -0.3 is 10.2 Å². The molecule has 1 aliphatic carbocycles. The predicted octanol–water partition coefficient (Wildman–Crippen LogP) is 2.73. The van der Waals surface area contributed by atoms with Crippen molar-refractivity contribution in [1.82, 2.24) is 5.32 Å². The Morgan fingerprint density at radius 3 is 2.48 bits per heavy atom. The number of para-hydroxylation sites is 1. The van der Waals surface area contributed by atoms with Gasteiger partial charge in [0.15, 0.2) is 0 Å². The molecule has 1 aliphatic heterocycles. The van der Waals surface area contributed by atoms with Crippen molar-refractivity contribution in [2.24, 2.45) is 5.92 Å². The molecule has 2 fully saturated rings. The minimum atomic E-state index is -4.52. The third-order valence-corrected chi connectivity index (χ3v) is 4.50. The van der Waals surface area contributed by atoms with Gasteiger partial charge in [-0.2, -0.15) is 13.2 Å². The summed E-state index contributed by atoms with van der Waals surface area (Å²) in [6.07, 6.45) is -1.57. The van der Waals surface area contributed by atoms with Crippen LogP contribution in [-0.4, -0.2) is 24.4 Å². The zero-order chi connectivity index (χ0) is 16.6. The van der Waals surface area contributed by atoms with Gasteiger partial charge in [0, 0.05) is 12.5 Å². The second-order valence-electron chi connectivity index (χ2n) is 5.98. The Balaban J connectivity index is 1.76. The predicted molar refractivity (Wildman–Crippen MR) is 77.7 cm³/mol. The molecule has 4 nitrogen and oxygen atoms in total. The standard InChI is InChI=1S/C16H17F3N2O2/c17-16(18,19)11-6-1-2-7-13(11)21-9-8-12(15(21)23)20-14(22)10-4-3-5-10/h1-2,6-7,10,12H,3-5,8-9H2,(H,20,22). The molecule has 0 bridgehead atoms. The van der Waals surface area contributed by atoms with Crippen LogP contribution in [0.25, 0.3) is 0 Å². The fourth-order valence-corrected chi connectivity index (χ4v) is 2.96. The van der Waals surface area contributed by atoms with E-state index < -0.39 is 23.7 Å². The zero-order valence-electron chi connectivity index (χ0n) is 12.4. The van der Waals surface area contributed by atoms with Crippen LogP contribution in [0.2, 0.25) is 0 Å².